The van der Waals surface area contributed by atoms with E-state index in [1.54, 1.807) is 42.6 Å². The second-order valence-corrected chi connectivity index (χ2v) is 8.76. The summed E-state index contributed by atoms with van der Waals surface area (Å²) < 4.78 is 1.94. The number of nitrogens with zero attached hydrogens (tertiary/aromatic N) is 3. The number of aryl methyl sites for hydroxylation is 1. The minimum Gasteiger partial charge on any atom is -0.481 e. The van der Waals surface area contributed by atoms with Gasteiger partial charge >= 0.3 is 5.97 Å². The first-order chi connectivity index (χ1) is 16.9. The number of hydrogen-bond acceptors (Lipinski definition) is 4. The number of carbonyl (C=O) groups excluding carboxylic acids is 1. The molecule has 35 heavy (non-hydrogen) atoms. The number of hydrogen-bond donors (Lipinski definition) is 2. The second-order valence-electron chi connectivity index (χ2n) is 8.33. The van der Waals surface area contributed by atoms with E-state index in [0.717, 1.165) is 22.5 Å². The average Bonchev–Trinajstić information content (AvgIpc) is 3.40. The number of halogens is 1. The van der Waals surface area contributed by atoms with Crippen molar-refractivity contribution >= 4 is 40.6 Å². The monoisotopic (exact) mass is 484 g/mol. The summed E-state index contributed by atoms with van der Waals surface area (Å²) in [6.07, 6.45) is 3.55. The first-order valence-corrected chi connectivity index (χ1v) is 11.3. The highest BCUT2D eigenvalue weighted by molar-refractivity contribution is 6.31. The lowest BCUT2D eigenvalue weighted by atomic mass is 9.90. The van der Waals surface area contributed by atoms with Crippen molar-refractivity contribution in [3.8, 4) is 11.4 Å². The van der Waals surface area contributed by atoms with Crippen LogP contribution in [0.1, 0.15) is 22.6 Å². The number of nitrogens with one attached hydrogen (secondary N) is 1. The lowest BCUT2D eigenvalue weighted by molar-refractivity contribution is -0.136. The van der Waals surface area contributed by atoms with E-state index in [1.165, 1.54) is 0 Å². The Morgan fingerprint density at radius 3 is 2.51 bits per heavy atom. The van der Waals surface area contributed by atoms with Crippen molar-refractivity contribution in [3.63, 3.8) is 0 Å². The number of amides is 1. The molecule has 1 amide bonds. The van der Waals surface area contributed by atoms with E-state index in [-0.39, 0.29) is 12.3 Å². The van der Waals surface area contributed by atoms with Crippen LogP contribution in [0.15, 0.2) is 84.1 Å². The molecule has 7 nitrogen and oxygen atoms in total. The van der Waals surface area contributed by atoms with E-state index in [0.29, 0.717) is 27.7 Å². The van der Waals surface area contributed by atoms with Gasteiger partial charge in [0.15, 0.2) is 0 Å². The van der Waals surface area contributed by atoms with Crippen LogP contribution in [0, 0.1) is 0 Å². The first kappa shape index (κ1) is 22.6. The molecule has 0 saturated carbocycles. The summed E-state index contributed by atoms with van der Waals surface area (Å²) in [6, 6.07) is 20.1. The molecular weight excluding hydrogens is 464 g/mol. The van der Waals surface area contributed by atoms with Crippen LogP contribution in [0.25, 0.3) is 11.4 Å². The maximum atomic E-state index is 13.1. The van der Waals surface area contributed by atoms with Crippen molar-refractivity contribution in [2.45, 2.75) is 12.3 Å². The molecule has 0 bridgehead atoms. The number of carboxylic acids is 1. The van der Waals surface area contributed by atoms with Gasteiger partial charge in [0.1, 0.15) is 11.7 Å². The summed E-state index contributed by atoms with van der Waals surface area (Å²) in [5.74, 6) is -0.891. The fraction of sp³-hybridized carbons (Fsp3) is 0.111. The molecule has 0 aliphatic carbocycles. The number of benzene rings is 3. The molecule has 0 spiro atoms. The van der Waals surface area contributed by atoms with Gasteiger partial charge in [-0.2, -0.15) is 0 Å². The molecule has 1 aromatic heterocycles. The summed E-state index contributed by atoms with van der Waals surface area (Å²) >= 11 is 6.14. The van der Waals surface area contributed by atoms with Gasteiger partial charge < -0.3 is 15.0 Å². The number of aliphatic imine (C=N–C) groups is 1. The lowest BCUT2D eigenvalue weighted by Gasteiger charge is -2.15. The van der Waals surface area contributed by atoms with Crippen LogP contribution in [-0.2, 0) is 23.1 Å². The van der Waals surface area contributed by atoms with E-state index in [2.05, 4.69) is 10.3 Å². The van der Waals surface area contributed by atoms with E-state index in [1.807, 2.05) is 48.1 Å². The summed E-state index contributed by atoms with van der Waals surface area (Å²) in [4.78, 5) is 33.4. The van der Waals surface area contributed by atoms with E-state index in [4.69, 9.17) is 21.7 Å². The standard InChI is InChI=1S/C27H21ClN4O3/c1-32-13-12-29-26(32)18-6-9-20(10-7-18)30-25(17-4-2-16(3-5-17)14-23(33)34)24-21-11-8-19(28)15-22(21)31-27(24)35/h2-13,15,24H,14H2,1H3,(H,31,35)(H,33,34). The van der Waals surface area contributed by atoms with Crippen LogP contribution < -0.4 is 5.32 Å². The first-order valence-electron chi connectivity index (χ1n) is 11.0. The molecule has 174 valence electrons. The fourth-order valence-electron chi connectivity index (χ4n) is 4.24. The molecule has 0 radical (unpaired) electrons. The van der Waals surface area contributed by atoms with Gasteiger partial charge in [0, 0.05) is 35.7 Å². The number of carbonyl (C=O) groups is 2. The number of anilines is 1. The average molecular weight is 485 g/mol. The highest BCUT2D eigenvalue weighted by Crippen LogP contribution is 2.38. The Morgan fingerprint density at radius 1 is 1.11 bits per heavy atom. The van der Waals surface area contributed by atoms with Gasteiger partial charge in [0.25, 0.3) is 0 Å². The quantitative estimate of drug-likeness (QED) is 0.366. The largest absolute Gasteiger partial charge is 0.481 e. The molecule has 2 N–H and O–H groups in total. The molecule has 3 aromatic carbocycles. The molecular formula is C27H21ClN4O3. The molecule has 1 aliphatic rings. The molecule has 0 fully saturated rings. The number of aliphatic carboxylic acids is 1. The molecule has 5 rings (SSSR count). The summed E-state index contributed by atoms with van der Waals surface area (Å²) in [7, 11) is 1.93. The molecule has 1 unspecified atom stereocenters. The number of rotatable bonds is 6. The minimum atomic E-state index is -0.902. The smallest absolute Gasteiger partial charge is 0.307 e. The Hall–Kier alpha value is -4.23. The second kappa shape index (κ2) is 9.19. The third-order valence-electron chi connectivity index (χ3n) is 5.92. The third kappa shape index (κ3) is 4.58. The van der Waals surface area contributed by atoms with E-state index in [9.17, 15) is 9.59 Å². The zero-order valence-electron chi connectivity index (χ0n) is 18.8. The fourth-order valence-corrected chi connectivity index (χ4v) is 4.41. The van der Waals surface area contributed by atoms with Crippen LogP contribution >= 0.6 is 11.6 Å². The maximum Gasteiger partial charge on any atom is 0.307 e. The van der Waals surface area contributed by atoms with Gasteiger partial charge in [-0.05, 0) is 53.1 Å². The van der Waals surface area contributed by atoms with Gasteiger partial charge in [0.05, 0.1) is 17.8 Å². The van der Waals surface area contributed by atoms with Crippen LogP contribution in [-0.4, -0.2) is 32.2 Å². The van der Waals surface area contributed by atoms with Gasteiger partial charge in [-0.3, -0.25) is 14.6 Å². The van der Waals surface area contributed by atoms with Gasteiger partial charge in [-0.1, -0.05) is 41.9 Å². The molecule has 1 aliphatic heterocycles. The lowest BCUT2D eigenvalue weighted by Crippen LogP contribution is -2.22. The van der Waals surface area contributed by atoms with Crippen molar-refractivity contribution in [1.82, 2.24) is 9.55 Å². The summed E-state index contributed by atoms with van der Waals surface area (Å²) in [5.41, 5.74) is 5.05. The maximum absolute atomic E-state index is 13.1. The van der Waals surface area contributed by atoms with Crippen molar-refractivity contribution in [2.24, 2.45) is 12.0 Å². The number of carboxylic acid groups (broad SMARTS) is 1. The molecule has 2 heterocycles. The Balaban J connectivity index is 1.58. The van der Waals surface area contributed by atoms with E-state index < -0.39 is 11.9 Å². The molecule has 8 heteroatoms. The van der Waals surface area contributed by atoms with E-state index >= 15 is 0 Å². The SMILES string of the molecule is Cn1ccnc1-c1ccc(N=C(c2ccc(CC(=O)O)cc2)C2C(=O)Nc3cc(Cl)ccc32)cc1. The van der Waals surface area contributed by atoms with Gasteiger partial charge in [-0.15, -0.1) is 0 Å². The molecule has 0 saturated heterocycles. The highest BCUT2D eigenvalue weighted by atomic mass is 35.5. The number of imidazole rings is 1. The highest BCUT2D eigenvalue weighted by Gasteiger charge is 2.35. The number of fused-ring (bicyclic) bond motifs is 1. The Labute approximate surface area is 206 Å². The van der Waals surface area contributed by atoms with Crippen LogP contribution in [0.4, 0.5) is 11.4 Å². The number of aromatic nitrogens is 2. The van der Waals surface area contributed by atoms with Gasteiger partial charge in [-0.25, -0.2) is 4.98 Å². The predicted molar refractivity (Wildman–Crippen MR) is 135 cm³/mol. The topological polar surface area (TPSA) is 96.6 Å². The van der Waals surface area contributed by atoms with Crippen molar-refractivity contribution < 1.29 is 14.7 Å². The zero-order valence-corrected chi connectivity index (χ0v) is 19.5. The normalized spacial score (nSPS) is 15.1. The Bertz CT molecular complexity index is 1460. The van der Waals surface area contributed by atoms with Crippen molar-refractivity contribution in [3.05, 3.63) is 101 Å². The van der Waals surface area contributed by atoms with Crippen LogP contribution in [0.2, 0.25) is 5.02 Å². The Kier molecular flexibility index (Phi) is 5.93. The van der Waals surface area contributed by atoms with Crippen molar-refractivity contribution in [2.75, 3.05) is 5.32 Å². The molecule has 4 aromatic rings. The minimum absolute atomic E-state index is 0.0767. The van der Waals surface area contributed by atoms with Crippen molar-refractivity contribution in [1.29, 1.82) is 0 Å². The third-order valence-corrected chi connectivity index (χ3v) is 6.16. The Morgan fingerprint density at radius 2 is 1.86 bits per heavy atom. The zero-order chi connectivity index (χ0) is 24.5. The summed E-state index contributed by atoms with van der Waals surface area (Å²) in [5, 5.41) is 12.5. The molecule has 1 atom stereocenters. The van der Waals surface area contributed by atoms with Crippen LogP contribution in [0.5, 0.6) is 0 Å². The predicted octanol–water partition coefficient (Wildman–Crippen LogP) is 5.22. The van der Waals surface area contributed by atoms with Crippen LogP contribution in [0.3, 0.4) is 0 Å². The summed E-state index contributed by atoms with van der Waals surface area (Å²) in [6.45, 7) is 0. The van der Waals surface area contributed by atoms with Gasteiger partial charge in [0.2, 0.25) is 5.91 Å².